The van der Waals surface area contributed by atoms with Crippen molar-refractivity contribution in [3.8, 4) is 0 Å². The van der Waals surface area contributed by atoms with Gasteiger partial charge in [0.05, 0.1) is 0 Å². The molecule has 10 heavy (non-hydrogen) atoms. The van der Waals surface area contributed by atoms with Crippen molar-refractivity contribution in [3.63, 3.8) is 0 Å². The number of rotatable bonds is 2. The molecule has 1 heterocycles. The summed E-state index contributed by atoms with van der Waals surface area (Å²) in [5.41, 5.74) is 0. The minimum Gasteiger partial charge on any atom is -0.406 e. The van der Waals surface area contributed by atoms with Crippen molar-refractivity contribution in [1.29, 1.82) is 0 Å². The van der Waals surface area contributed by atoms with Crippen LogP contribution in [0.5, 0.6) is 0 Å². The zero-order chi connectivity index (χ0) is 7.61. The van der Waals surface area contributed by atoms with Crippen LogP contribution in [0.3, 0.4) is 0 Å². The molecule has 0 unspecified atom stereocenters. The van der Waals surface area contributed by atoms with Gasteiger partial charge in [0.25, 0.3) is 8.48 Å². The first-order chi connectivity index (χ1) is 4.67. The Bertz CT molecular complexity index is 110. The van der Waals surface area contributed by atoms with Crippen molar-refractivity contribution in [2.75, 3.05) is 20.2 Å². The van der Waals surface area contributed by atoms with Crippen molar-refractivity contribution in [2.24, 2.45) is 0 Å². The van der Waals surface area contributed by atoms with E-state index in [9.17, 15) is 0 Å². The van der Waals surface area contributed by atoms with Crippen molar-refractivity contribution >= 4 is 8.48 Å². The first-order valence-electron chi connectivity index (χ1n) is 3.97. The second-order valence-corrected chi connectivity index (χ2v) is 7.28. The monoisotopic (exact) mass is 159 g/mol. The van der Waals surface area contributed by atoms with E-state index >= 15 is 0 Å². The third kappa shape index (κ3) is 1.59. The van der Waals surface area contributed by atoms with Gasteiger partial charge in [0, 0.05) is 7.11 Å². The van der Waals surface area contributed by atoms with Gasteiger partial charge in [-0.15, -0.1) is 0 Å². The Morgan fingerprint density at radius 2 is 1.70 bits per heavy atom. The van der Waals surface area contributed by atoms with Gasteiger partial charge in [-0.3, -0.25) is 0 Å². The summed E-state index contributed by atoms with van der Waals surface area (Å²) in [6.45, 7) is 7.04. The molecule has 3 heteroatoms. The molecule has 1 fully saturated rings. The van der Waals surface area contributed by atoms with E-state index in [1.165, 1.54) is 25.9 Å². The summed E-state index contributed by atoms with van der Waals surface area (Å²) in [6, 6.07) is 0. The Balaban J connectivity index is 2.45. The quantitative estimate of drug-likeness (QED) is 0.565. The van der Waals surface area contributed by atoms with Gasteiger partial charge in [-0.25, -0.2) is 0 Å². The maximum absolute atomic E-state index is 5.49. The number of hydrogen-bond donors (Lipinski definition) is 0. The molecule has 0 aromatic heterocycles. The maximum Gasteiger partial charge on any atom is 0.264 e. The van der Waals surface area contributed by atoms with Gasteiger partial charge >= 0.3 is 0 Å². The molecule has 1 aliphatic heterocycles. The predicted molar refractivity (Wildman–Crippen MR) is 45.3 cm³/mol. The topological polar surface area (TPSA) is 12.5 Å². The molecular formula is C7H17NOSi. The standard InChI is InChI=1S/C7H17NOSi/c1-9-10(2,3)8-6-4-5-7-8/h4-7H2,1-3H3. The van der Waals surface area contributed by atoms with Crippen LogP contribution in [0.15, 0.2) is 0 Å². The van der Waals surface area contributed by atoms with Crippen LogP contribution in [-0.4, -0.2) is 33.2 Å². The van der Waals surface area contributed by atoms with Crippen LogP contribution >= 0.6 is 0 Å². The highest BCUT2D eigenvalue weighted by atomic mass is 28.4. The zero-order valence-corrected chi connectivity index (χ0v) is 8.18. The largest absolute Gasteiger partial charge is 0.406 e. The van der Waals surface area contributed by atoms with Crippen LogP contribution in [0.1, 0.15) is 12.8 Å². The predicted octanol–water partition coefficient (Wildman–Crippen LogP) is 1.43. The summed E-state index contributed by atoms with van der Waals surface area (Å²) < 4.78 is 8.01. The molecule has 1 aliphatic rings. The average Bonchev–Trinajstić information content (AvgIpc) is 2.38. The highest BCUT2D eigenvalue weighted by Gasteiger charge is 2.31. The Kier molecular flexibility index (Phi) is 2.49. The maximum atomic E-state index is 5.49. The molecule has 0 amide bonds. The third-order valence-corrected chi connectivity index (χ3v) is 5.34. The molecule has 0 spiro atoms. The number of hydrogen-bond acceptors (Lipinski definition) is 2. The van der Waals surface area contributed by atoms with Crippen LogP contribution in [-0.2, 0) is 4.43 Å². The minimum atomic E-state index is -1.41. The third-order valence-electron chi connectivity index (χ3n) is 2.37. The fraction of sp³-hybridized carbons (Fsp3) is 1.00. The summed E-state index contributed by atoms with van der Waals surface area (Å²) in [4.78, 5) is 0. The van der Waals surface area contributed by atoms with E-state index in [1.54, 1.807) is 0 Å². The lowest BCUT2D eigenvalue weighted by Gasteiger charge is -2.30. The number of nitrogens with zero attached hydrogens (tertiary/aromatic N) is 1. The van der Waals surface area contributed by atoms with Gasteiger partial charge in [0.2, 0.25) is 0 Å². The van der Waals surface area contributed by atoms with E-state index in [0.717, 1.165) is 0 Å². The van der Waals surface area contributed by atoms with Crippen LogP contribution < -0.4 is 0 Å². The van der Waals surface area contributed by atoms with Gasteiger partial charge in [0.1, 0.15) is 0 Å². The van der Waals surface area contributed by atoms with Crippen LogP contribution in [0.2, 0.25) is 13.1 Å². The Labute approximate surface area is 64.4 Å². The molecule has 1 saturated heterocycles. The van der Waals surface area contributed by atoms with Gasteiger partial charge < -0.3 is 8.99 Å². The minimum absolute atomic E-state index is 1.26. The lowest BCUT2D eigenvalue weighted by atomic mass is 10.4. The molecule has 0 bridgehead atoms. The zero-order valence-electron chi connectivity index (χ0n) is 7.18. The van der Waals surface area contributed by atoms with Crippen LogP contribution in [0, 0.1) is 0 Å². The van der Waals surface area contributed by atoms with E-state index in [-0.39, 0.29) is 0 Å². The van der Waals surface area contributed by atoms with E-state index in [0.29, 0.717) is 0 Å². The Hall–Kier alpha value is 0.137. The molecule has 0 saturated carbocycles. The first kappa shape index (κ1) is 8.24. The van der Waals surface area contributed by atoms with E-state index in [2.05, 4.69) is 17.7 Å². The molecule has 2 nitrogen and oxygen atoms in total. The second-order valence-electron chi connectivity index (χ2n) is 3.35. The van der Waals surface area contributed by atoms with Gasteiger partial charge in [-0.1, -0.05) is 0 Å². The molecule has 0 N–H and O–H groups in total. The summed E-state index contributed by atoms with van der Waals surface area (Å²) in [5, 5.41) is 0. The molecule has 60 valence electrons. The van der Waals surface area contributed by atoms with Crippen LogP contribution in [0.4, 0.5) is 0 Å². The van der Waals surface area contributed by atoms with Gasteiger partial charge in [-0.05, 0) is 39.0 Å². The van der Waals surface area contributed by atoms with E-state index in [4.69, 9.17) is 4.43 Å². The van der Waals surface area contributed by atoms with Crippen molar-refractivity contribution in [2.45, 2.75) is 25.9 Å². The van der Waals surface area contributed by atoms with E-state index < -0.39 is 8.48 Å². The van der Waals surface area contributed by atoms with Gasteiger partial charge in [-0.2, -0.15) is 0 Å². The molecule has 0 aromatic carbocycles. The fourth-order valence-corrected chi connectivity index (χ4v) is 3.04. The fourth-order valence-electron chi connectivity index (χ4n) is 1.38. The van der Waals surface area contributed by atoms with Crippen molar-refractivity contribution < 1.29 is 4.43 Å². The van der Waals surface area contributed by atoms with Crippen LogP contribution in [0.25, 0.3) is 0 Å². The smallest absolute Gasteiger partial charge is 0.264 e. The summed E-state index contributed by atoms with van der Waals surface area (Å²) >= 11 is 0. The van der Waals surface area contributed by atoms with Crippen molar-refractivity contribution in [1.82, 2.24) is 4.57 Å². The summed E-state index contributed by atoms with van der Waals surface area (Å²) in [7, 11) is 0.427. The SMILES string of the molecule is CO[Si](C)(C)N1CCCC1. The van der Waals surface area contributed by atoms with Gasteiger partial charge in [0.15, 0.2) is 0 Å². The normalized spacial score (nSPS) is 21.9. The molecule has 0 radical (unpaired) electrons. The first-order valence-corrected chi connectivity index (χ1v) is 6.82. The Morgan fingerprint density at radius 1 is 1.20 bits per heavy atom. The second kappa shape index (κ2) is 3.03. The average molecular weight is 159 g/mol. The lowest BCUT2D eigenvalue weighted by Crippen LogP contribution is -2.48. The highest BCUT2D eigenvalue weighted by Crippen LogP contribution is 2.17. The molecule has 0 aromatic rings. The highest BCUT2D eigenvalue weighted by molar-refractivity contribution is 6.68. The summed E-state index contributed by atoms with van der Waals surface area (Å²) in [6.07, 6.45) is 2.72. The molecule has 1 rings (SSSR count). The summed E-state index contributed by atoms with van der Waals surface area (Å²) in [5.74, 6) is 0. The molecular weight excluding hydrogens is 142 g/mol. The molecule has 0 aliphatic carbocycles. The molecule has 0 atom stereocenters. The lowest BCUT2D eigenvalue weighted by molar-refractivity contribution is 0.323. The Morgan fingerprint density at radius 3 is 2.10 bits per heavy atom. The van der Waals surface area contributed by atoms with E-state index in [1.807, 2.05) is 7.11 Å². The van der Waals surface area contributed by atoms with Crippen molar-refractivity contribution in [3.05, 3.63) is 0 Å².